The number of benzene rings is 1. The van der Waals surface area contributed by atoms with E-state index in [9.17, 15) is 4.39 Å². The number of hydrogen-bond acceptors (Lipinski definition) is 3. The molecule has 0 radical (unpaired) electrons. The second-order valence-electron chi connectivity index (χ2n) is 4.80. The maximum atomic E-state index is 13.2. The van der Waals surface area contributed by atoms with Crippen LogP contribution in [0.4, 0.5) is 4.39 Å². The highest BCUT2D eigenvalue weighted by atomic mass is 35.5. The van der Waals surface area contributed by atoms with Crippen molar-refractivity contribution in [2.75, 3.05) is 26.2 Å². The van der Waals surface area contributed by atoms with Gasteiger partial charge in [-0.15, -0.1) is 23.7 Å². The molecule has 0 amide bonds. The summed E-state index contributed by atoms with van der Waals surface area (Å²) in [4.78, 5) is 4.95. The van der Waals surface area contributed by atoms with Crippen molar-refractivity contribution in [2.24, 2.45) is 0 Å². The second-order valence-corrected chi connectivity index (χ2v) is 5.97. The average molecular weight is 313 g/mol. The van der Waals surface area contributed by atoms with Gasteiger partial charge in [-0.25, -0.2) is 4.39 Å². The highest BCUT2D eigenvalue weighted by Gasteiger charge is 2.11. The highest BCUT2D eigenvalue weighted by Crippen LogP contribution is 2.29. The molecule has 2 aromatic rings. The molecule has 1 aromatic carbocycles. The molecule has 0 saturated carbocycles. The van der Waals surface area contributed by atoms with Crippen molar-refractivity contribution in [3.63, 3.8) is 0 Å². The first-order chi connectivity index (χ1) is 9.31. The molecule has 1 fully saturated rings. The smallest absolute Gasteiger partial charge is 0.123 e. The van der Waals surface area contributed by atoms with Crippen LogP contribution in [0.5, 0.6) is 0 Å². The first-order valence-electron chi connectivity index (χ1n) is 6.59. The Balaban J connectivity index is 0.00000147. The minimum absolute atomic E-state index is 0. The largest absolute Gasteiger partial charge is 0.314 e. The lowest BCUT2D eigenvalue weighted by atomic mass is 10.2. The van der Waals surface area contributed by atoms with E-state index in [1.165, 1.54) is 10.9 Å². The molecule has 1 aliphatic rings. The normalized spacial score (nSPS) is 15.8. The molecule has 0 bridgehead atoms. The van der Waals surface area contributed by atoms with Crippen molar-refractivity contribution < 1.29 is 4.39 Å². The van der Waals surface area contributed by atoms with Crippen molar-refractivity contribution in [3.8, 4) is 10.4 Å². The molecule has 0 aliphatic carbocycles. The number of nitrogens with one attached hydrogen (secondary N) is 1. The molecule has 20 heavy (non-hydrogen) atoms. The predicted molar refractivity (Wildman–Crippen MR) is 85.1 cm³/mol. The third-order valence-electron chi connectivity index (χ3n) is 3.36. The van der Waals surface area contributed by atoms with Crippen LogP contribution in [-0.2, 0) is 6.54 Å². The van der Waals surface area contributed by atoms with E-state index >= 15 is 0 Å². The van der Waals surface area contributed by atoms with Crippen LogP contribution in [0.3, 0.4) is 0 Å². The summed E-state index contributed by atoms with van der Waals surface area (Å²) in [5.41, 5.74) is 0.969. The number of nitrogens with zero attached hydrogens (tertiary/aromatic N) is 1. The molecule has 1 aromatic heterocycles. The Labute approximate surface area is 129 Å². The Morgan fingerprint density at radius 3 is 2.70 bits per heavy atom. The Hall–Kier alpha value is -0.940. The summed E-state index contributed by atoms with van der Waals surface area (Å²) in [5.74, 6) is -0.172. The lowest BCUT2D eigenvalue weighted by Gasteiger charge is -2.26. The molecule has 3 rings (SSSR count). The second kappa shape index (κ2) is 7.18. The first kappa shape index (κ1) is 15.4. The fourth-order valence-electron chi connectivity index (χ4n) is 2.35. The van der Waals surface area contributed by atoms with Crippen LogP contribution in [0, 0.1) is 5.82 Å². The van der Waals surface area contributed by atoms with Gasteiger partial charge >= 0.3 is 0 Å². The van der Waals surface area contributed by atoms with Gasteiger partial charge in [0.05, 0.1) is 0 Å². The maximum Gasteiger partial charge on any atom is 0.123 e. The van der Waals surface area contributed by atoms with Crippen molar-refractivity contribution in [3.05, 3.63) is 47.1 Å². The number of piperazine rings is 1. The summed E-state index contributed by atoms with van der Waals surface area (Å²) in [7, 11) is 0. The molecular weight excluding hydrogens is 295 g/mol. The third-order valence-corrected chi connectivity index (χ3v) is 4.48. The van der Waals surface area contributed by atoms with E-state index < -0.39 is 0 Å². The Morgan fingerprint density at radius 1 is 1.15 bits per heavy atom. The van der Waals surface area contributed by atoms with Crippen LogP contribution in [0.2, 0.25) is 0 Å². The van der Waals surface area contributed by atoms with E-state index in [0.29, 0.717) is 0 Å². The van der Waals surface area contributed by atoms with E-state index in [4.69, 9.17) is 0 Å². The van der Waals surface area contributed by atoms with Crippen molar-refractivity contribution in [2.45, 2.75) is 6.54 Å². The zero-order valence-corrected chi connectivity index (χ0v) is 12.8. The summed E-state index contributed by atoms with van der Waals surface area (Å²) in [6.45, 7) is 5.35. The Kier molecular flexibility index (Phi) is 5.54. The lowest BCUT2D eigenvalue weighted by Crippen LogP contribution is -2.42. The molecule has 0 unspecified atom stereocenters. The van der Waals surface area contributed by atoms with Crippen LogP contribution >= 0.6 is 23.7 Å². The van der Waals surface area contributed by atoms with Gasteiger partial charge in [0, 0.05) is 42.5 Å². The number of rotatable bonds is 3. The van der Waals surface area contributed by atoms with Gasteiger partial charge in [0.2, 0.25) is 0 Å². The standard InChI is InChI=1S/C15H17FN2S.ClH/c16-13-3-1-2-12(10-13)15-5-4-14(19-15)11-18-8-6-17-7-9-18;/h1-5,10,17H,6-9,11H2;1H. The van der Waals surface area contributed by atoms with Crippen LogP contribution < -0.4 is 5.32 Å². The molecule has 0 spiro atoms. The van der Waals surface area contributed by atoms with Crippen LogP contribution in [-0.4, -0.2) is 31.1 Å². The van der Waals surface area contributed by atoms with Gasteiger partial charge in [0.25, 0.3) is 0 Å². The minimum atomic E-state index is -0.172. The van der Waals surface area contributed by atoms with E-state index in [2.05, 4.69) is 22.3 Å². The zero-order valence-electron chi connectivity index (χ0n) is 11.1. The summed E-state index contributed by atoms with van der Waals surface area (Å²) < 4.78 is 13.2. The molecule has 108 valence electrons. The van der Waals surface area contributed by atoms with Crippen LogP contribution in [0.1, 0.15) is 4.88 Å². The van der Waals surface area contributed by atoms with Gasteiger partial charge in [-0.1, -0.05) is 12.1 Å². The maximum absolute atomic E-state index is 13.2. The first-order valence-corrected chi connectivity index (χ1v) is 7.41. The quantitative estimate of drug-likeness (QED) is 0.934. The fourth-order valence-corrected chi connectivity index (χ4v) is 3.40. The van der Waals surface area contributed by atoms with Gasteiger partial charge < -0.3 is 5.32 Å². The van der Waals surface area contributed by atoms with Crippen molar-refractivity contribution in [1.82, 2.24) is 10.2 Å². The predicted octanol–water partition coefficient (Wildman–Crippen LogP) is 3.38. The van der Waals surface area contributed by atoms with Gasteiger partial charge in [-0.2, -0.15) is 0 Å². The summed E-state index contributed by atoms with van der Waals surface area (Å²) in [5, 5.41) is 3.36. The van der Waals surface area contributed by atoms with E-state index in [1.54, 1.807) is 23.5 Å². The molecule has 1 N–H and O–H groups in total. The van der Waals surface area contributed by atoms with E-state index in [0.717, 1.165) is 43.2 Å². The van der Waals surface area contributed by atoms with Crippen LogP contribution in [0.15, 0.2) is 36.4 Å². The molecule has 2 nitrogen and oxygen atoms in total. The third kappa shape index (κ3) is 3.79. The molecule has 2 heterocycles. The van der Waals surface area contributed by atoms with E-state index in [1.807, 2.05) is 6.07 Å². The summed E-state index contributed by atoms with van der Waals surface area (Å²) >= 11 is 1.76. The SMILES string of the molecule is Cl.Fc1cccc(-c2ccc(CN3CCNCC3)s2)c1. The molecule has 5 heteroatoms. The highest BCUT2D eigenvalue weighted by molar-refractivity contribution is 7.15. The lowest BCUT2D eigenvalue weighted by molar-refractivity contribution is 0.235. The molecule has 0 atom stereocenters. The molecule has 1 aliphatic heterocycles. The van der Waals surface area contributed by atoms with Gasteiger partial charge in [0.15, 0.2) is 0 Å². The topological polar surface area (TPSA) is 15.3 Å². The average Bonchev–Trinajstić information content (AvgIpc) is 2.88. The van der Waals surface area contributed by atoms with Gasteiger partial charge in [-0.05, 0) is 29.8 Å². The Bertz CT molecular complexity index is 552. The number of hydrogen-bond donors (Lipinski definition) is 1. The summed E-state index contributed by atoms with van der Waals surface area (Å²) in [6.07, 6.45) is 0. The number of halogens is 2. The van der Waals surface area contributed by atoms with E-state index in [-0.39, 0.29) is 18.2 Å². The summed E-state index contributed by atoms with van der Waals surface area (Å²) in [6, 6.07) is 11.1. The Morgan fingerprint density at radius 2 is 1.95 bits per heavy atom. The van der Waals surface area contributed by atoms with Crippen LogP contribution in [0.25, 0.3) is 10.4 Å². The van der Waals surface area contributed by atoms with Gasteiger partial charge in [-0.3, -0.25) is 4.90 Å². The molecule has 1 saturated heterocycles. The monoisotopic (exact) mass is 312 g/mol. The van der Waals surface area contributed by atoms with Gasteiger partial charge in [0.1, 0.15) is 5.82 Å². The minimum Gasteiger partial charge on any atom is -0.314 e. The zero-order chi connectivity index (χ0) is 13.1. The number of thiophene rings is 1. The van der Waals surface area contributed by atoms with Crippen molar-refractivity contribution in [1.29, 1.82) is 0 Å². The molecular formula is C15H18ClFN2S. The van der Waals surface area contributed by atoms with Crippen molar-refractivity contribution >= 4 is 23.7 Å². The fraction of sp³-hybridized carbons (Fsp3) is 0.333.